The van der Waals surface area contributed by atoms with Gasteiger partial charge in [0, 0.05) is 44.3 Å². The van der Waals surface area contributed by atoms with E-state index in [9.17, 15) is 21.6 Å². The van der Waals surface area contributed by atoms with E-state index >= 15 is 0 Å². The number of rotatable bonds is 5. The van der Waals surface area contributed by atoms with Gasteiger partial charge >= 0.3 is 6.18 Å². The fourth-order valence-corrected chi connectivity index (χ4v) is 3.93. The maximum atomic E-state index is 13.4. The summed E-state index contributed by atoms with van der Waals surface area (Å²) >= 11 is 0. The van der Waals surface area contributed by atoms with Crippen LogP contribution in [0.2, 0.25) is 0 Å². The fourth-order valence-electron chi connectivity index (χ4n) is 2.92. The molecule has 2 aromatic rings. The van der Waals surface area contributed by atoms with Gasteiger partial charge in [0.25, 0.3) is 0 Å². The Morgan fingerprint density at radius 3 is 2.56 bits per heavy atom. The Morgan fingerprint density at radius 2 is 1.89 bits per heavy atom. The number of aromatic nitrogens is 1. The predicted octanol–water partition coefficient (Wildman–Crippen LogP) is 1.77. The average Bonchev–Trinajstić information content (AvgIpc) is 2.61. The zero-order chi connectivity index (χ0) is 18.8. The number of fused-ring (bicyclic) bond motifs is 1. The molecule has 0 radical (unpaired) electrons. The van der Waals surface area contributed by atoms with E-state index in [1.165, 1.54) is 11.0 Å². The molecule has 6 nitrogen and oxygen atoms in total. The minimum Gasteiger partial charge on any atom is -0.314 e. The largest absolute Gasteiger partial charge is 0.405 e. The summed E-state index contributed by atoms with van der Waals surface area (Å²) in [6, 6.07) is 6.45. The molecule has 1 atom stereocenters. The molecule has 1 unspecified atom stereocenters. The molecule has 1 aromatic carbocycles. The van der Waals surface area contributed by atoms with Crippen LogP contribution in [0.5, 0.6) is 0 Å². The molecule has 0 amide bonds. The van der Waals surface area contributed by atoms with Crippen LogP contribution >= 0.6 is 12.4 Å². The molecular formula is C16H20ClF3N4O2S. The van der Waals surface area contributed by atoms with E-state index in [1.807, 2.05) is 0 Å². The first-order valence-electron chi connectivity index (χ1n) is 8.13. The van der Waals surface area contributed by atoms with Gasteiger partial charge in [0.1, 0.15) is 10.9 Å². The van der Waals surface area contributed by atoms with Gasteiger partial charge in [-0.1, -0.05) is 18.2 Å². The van der Waals surface area contributed by atoms with Crippen molar-refractivity contribution in [1.82, 2.24) is 19.9 Å². The number of para-hydroxylation sites is 1. The zero-order valence-electron chi connectivity index (χ0n) is 14.2. The second-order valence-corrected chi connectivity index (χ2v) is 7.83. The first-order valence-corrected chi connectivity index (χ1v) is 9.62. The number of sulfonamides is 1. The highest BCUT2D eigenvalue weighted by molar-refractivity contribution is 7.89. The Morgan fingerprint density at radius 1 is 1.22 bits per heavy atom. The van der Waals surface area contributed by atoms with Gasteiger partial charge in [0.2, 0.25) is 10.0 Å². The number of hydrogen-bond donors (Lipinski definition) is 2. The number of pyridine rings is 1. The summed E-state index contributed by atoms with van der Waals surface area (Å²) in [5, 5.41) is 3.58. The van der Waals surface area contributed by atoms with Gasteiger partial charge in [0.05, 0.1) is 5.52 Å². The second kappa shape index (κ2) is 8.70. The van der Waals surface area contributed by atoms with Crippen LogP contribution in [-0.4, -0.2) is 63.2 Å². The minimum atomic E-state index is -4.53. The molecule has 27 heavy (non-hydrogen) atoms. The highest BCUT2D eigenvalue weighted by Crippen LogP contribution is 2.25. The molecule has 1 aromatic heterocycles. The third kappa shape index (κ3) is 5.29. The smallest absolute Gasteiger partial charge is 0.314 e. The lowest BCUT2D eigenvalue weighted by atomic mass is 10.2. The molecule has 1 saturated heterocycles. The molecule has 1 aliphatic heterocycles. The Bertz CT molecular complexity index is 873. The van der Waals surface area contributed by atoms with Crippen LogP contribution in [-0.2, 0) is 10.0 Å². The number of halogens is 4. The molecule has 0 saturated carbocycles. The maximum Gasteiger partial charge on any atom is 0.405 e. The first kappa shape index (κ1) is 21.8. The maximum absolute atomic E-state index is 13.4. The van der Waals surface area contributed by atoms with E-state index in [0.717, 1.165) is 6.20 Å². The van der Waals surface area contributed by atoms with E-state index in [0.29, 0.717) is 24.0 Å². The summed E-state index contributed by atoms with van der Waals surface area (Å²) < 4.78 is 67.1. The lowest BCUT2D eigenvalue weighted by molar-refractivity contribution is -0.182. The normalized spacial score (nSPS) is 17.4. The van der Waals surface area contributed by atoms with Crippen LogP contribution in [0.1, 0.15) is 0 Å². The number of benzene rings is 1. The highest BCUT2D eigenvalue weighted by Gasteiger charge is 2.44. The van der Waals surface area contributed by atoms with Crippen LogP contribution in [0.25, 0.3) is 10.9 Å². The minimum absolute atomic E-state index is 0. The van der Waals surface area contributed by atoms with Crippen molar-refractivity contribution in [1.29, 1.82) is 0 Å². The Hall–Kier alpha value is -1.46. The summed E-state index contributed by atoms with van der Waals surface area (Å²) in [6.07, 6.45) is -3.38. The van der Waals surface area contributed by atoms with Gasteiger partial charge in [-0.2, -0.15) is 13.2 Å². The summed E-state index contributed by atoms with van der Waals surface area (Å²) in [5.74, 6) is 0. The summed E-state index contributed by atoms with van der Waals surface area (Å²) in [4.78, 5) is 5.15. The van der Waals surface area contributed by atoms with E-state index in [1.54, 1.807) is 24.3 Å². The Balaban J connectivity index is 0.00000261. The van der Waals surface area contributed by atoms with Crippen molar-refractivity contribution in [2.45, 2.75) is 17.1 Å². The highest BCUT2D eigenvalue weighted by atomic mass is 35.5. The number of piperazine rings is 1. The summed E-state index contributed by atoms with van der Waals surface area (Å²) in [5.41, 5.74) is 0.612. The van der Waals surface area contributed by atoms with Gasteiger partial charge in [-0.05, 0) is 12.1 Å². The van der Waals surface area contributed by atoms with Crippen LogP contribution in [0.15, 0.2) is 41.4 Å². The molecule has 2 heterocycles. The third-order valence-electron chi connectivity index (χ3n) is 4.31. The van der Waals surface area contributed by atoms with Gasteiger partial charge in [-0.25, -0.2) is 13.1 Å². The van der Waals surface area contributed by atoms with Crippen LogP contribution in [0.4, 0.5) is 13.2 Å². The third-order valence-corrected chi connectivity index (χ3v) is 5.70. The molecule has 11 heteroatoms. The summed E-state index contributed by atoms with van der Waals surface area (Å²) in [6.45, 7) is 0.563. The molecule has 0 bridgehead atoms. The van der Waals surface area contributed by atoms with Crippen molar-refractivity contribution >= 4 is 33.3 Å². The molecule has 150 valence electrons. The van der Waals surface area contributed by atoms with Crippen LogP contribution < -0.4 is 10.0 Å². The topological polar surface area (TPSA) is 74.3 Å². The van der Waals surface area contributed by atoms with E-state index in [-0.39, 0.29) is 30.4 Å². The van der Waals surface area contributed by atoms with Crippen molar-refractivity contribution in [3.05, 3.63) is 36.5 Å². The van der Waals surface area contributed by atoms with Crippen LogP contribution in [0.3, 0.4) is 0 Å². The van der Waals surface area contributed by atoms with Crippen molar-refractivity contribution in [3.63, 3.8) is 0 Å². The number of nitrogens with zero attached hydrogens (tertiary/aromatic N) is 2. The Kier molecular flexibility index (Phi) is 7.03. The fraction of sp³-hybridized carbons (Fsp3) is 0.438. The van der Waals surface area contributed by atoms with E-state index < -0.39 is 28.8 Å². The monoisotopic (exact) mass is 424 g/mol. The molecule has 1 aliphatic rings. The van der Waals surface area contributed by atoms with Crippen LogP contribution in [0, 0.1) is 0 Å². The number of alkyl halides is 3. The number of nitrogens with one attached hydrogen (secondary N) is 2. The standard InChI is InChI=1S/C16H19F3N4O2S.ClH/c17-16(18,19)15(23-7-5-20-6-8-23)11-22-26(24,25)13-9-12-3-1-2-4-14(12)21-10-13;/h1-4,9-10,15,20,22H,5-8,11H2;1H. The van der Waals surface area contributed by atoms with Gasteiger partial charge in [0.15, 0.2) is 0 Å². The van der Waals surface area contributed by atoms with Gasteiger partial charge in [-0.3, -0.25) is 9.88 Å². The molecular weight excluding hydrogens is 405 g/mol. The molecule has 1 fully saturated rings. The molecule has 0 spiro atoms. The average molecular weight is 425 g/mol. The second-order valence-electron chi connectivity index (χ2n) is 6.06. The first-order chi connectivity index (χ1) is 12.3. The lowest BCUT2D eigenvalue weighted by Gasteiger charge is -2.35. The Labute approximate surface area is 161 Å². The quantitative estimate of drug-likeness (QED) is 0.765. The van der Waals surface area contributed by atoms with Gasteiger partial charge in [-0.15, -0.1) is 12.4 Å². The molecule has 0 aliphatic carbocycles. The van der Waals surface area contributed by atoms with Crippen molar-refractivity contribution in [2.75, 3.05) is 32.7 Å². The molecule has 2 N–H and O–H groups in total. The van der Waals surface area contributed by atoms with E-state index in [4.69, 9.17) is 0 Å². The van der Waals surface area contributed by atoms with E-state index in [2.05, 4.69) is 15.0 Å². The SMILES string of the molecule is Cl.O=S(=O)(NCC(N1CCNCC1)C(F)(F)F)c1cnc2ccccc2c1. The zero-order valence-corrected chi connectivity index (χ0v) is 15.9. The molecule has 3 rings (SSSR count). The van der Waals surface area contributed by atoms with Crippen molar-refractivity contribution in [2.24, 2.45) is 0 Å². The van der Waals surface area contributed by atoms with Crippen molar-refractivity contribution in [3.8, 4) is 0 Å². The van der Waals surface area contributed by atoms with Crippen molar-refractivity contribution < 1.29 is 21.6 Å². The lowest BCUT2D eigenvalue weighted by Crippen LogP contribution is -2.57. The van der Waals surface area contributed by atoms with Gasteiger partial charge < -0.3 is 5.32 Å². The predicted molar refractivity (Wildman–Crippen MR) is 98.5 cm³/mol. The summed E-state index contributed by atoms with van der Waals surface area (Å²) in [7, 11) is -4.10. The number of hydrogen-bond acceptors (Lipinski definition) is 5.